The number of ether oxygens (including phenoxy) is 2. The Labute approximate surface area is 149 Å². The summed E-state index contributed by atoms with van der Waals surface area (Å²) in [5.41, 5.74) is 2.41. The Hall–Kier alpha value is -1.95. The van der Waals surface area contributed by atoms with Crippen molar-refractivity contribution in [2.45, 2.75) is 33.7 Å². The van der Waals surface area contributed by atoms with Gasteiger partial charge in [0, 0.05) is 10.0 Å². The van der Waals surface area contributed by atoms with Crippen LogP contribution in [0.3, 0.4) is 0 Å². The molecule has 2 aromatic rings. The van der Waals surface area contributed by atoms with Crippen LogP contribution in [0.1, 0.15) is 46.0 Å². The van der Waals surface area contributed by atoms with E-state index in [4.69, 9.17) is 13.9 Å². The molecule has 0 aliphatic carbocycles. The summed E-state index contributed by atoms with van der Waals surface area (Å²) in [6.07, 6.45) is 0. The third-order valence-electron chi connectivity index (χ3n) is 4.26. The predicted octanol–water partition coefficient (Wildman–Crippen LogP) is 4.23. The van der Waals surface area contributed by atoms with Crippen LogP contribution in [0.4, 0.5) is 0 Å². The minimum atomic E-state index is -0.197. The molecule has 0 spiro atoms. The molecule has 1 atom stereocenters. The summed E-state index contributed by atoms with van der Waals surface area (Å²) < 4.78 is 17.6. The highest BCUT2D eigenvalue weighted by atomic mass is 79.9. The summed E-state index contributed by atoms with van der Waals surface area (Å²) in [4.78, 5) is 12.6. The lowest BCUT2D eigenvalue weighted by molar-refractivity contribution is 0.0937. The van der Waals surface area contributed by atoms with E-state index in [1.807, 2.05) is 32.9 Å². The van der Waals surface area contributed by atoms with E-state index in [1.54, 1.807) is 6.92 Å². The summed E-state index contributed by atoms with van der Waals surface area (Å²) in [6.45, 7) is 8.57. The van der Waals surface area contributed by atoms with Gasteiger partial charge in [0.25, 0.3) is 5.91 Å². The zero-order valence-corrected chi connectivity index (χ0v) is 15.7. The fourth-order valence-electron chi connectivity index (χ4n) is 2.89. The lowest BCUT2D eigenvalue weighted by atomic mass is 10.1. The van der Waals surface area contributed by atoms with Gasteiger partial charge in [0.2, 0.25) is 0 Å². The van der Waals surface area contributed by atoms with Crippen LogP contribution >= 0.6 is 15.9 Å². The molecule has 0 fully saturated rings. The first kappa shape index (κ1) is 16.9. The van der Waals surface area contributed by atoms with E-state index in [9.17, 15) is 4.79 Å². The number of rotatable bonds is 3. The number of fused-ring (bicyclic) bond motifs is 1. The SMILES string of the molecule is Cc1oc(C)c(C(=O)N[C@@H](C)c2cc3c(cc2Br)OCCO3)c1C. The fourth-order valence-corrected chi connectivity index (χ4v) is 3.55. The first-order valence-corrected chi connectivity index (χ1v) is 8.64. The van der Waals surface area contributed by atoms with E-state index in [0.29, 0.717) is 36.0 Å². The van der Waals surface area contributed by atoms with Gasteiger partial charge in [-0.1, -0.05) is 15.9 Å². The van der Waals surface area contributed by atoms with Crippen molar-refractivity contribution in [1.29, 1.82) is 0 Å². The van der Waals surface area contributed by atoms with Crippen molar-refractivity contribution < 1.29 is 18.7 Å². The van der Waals surface area contributed by atoms with Crippen LogP contribution in [-0.2, 0) is 0 Å². The van der Waals surface area contributed by atoms with Crippen LogP contribution in [-0.4, -0.2) is 19.1 Å². The third-order valence-corrected chi connectivity index (χ3v) is 4.95. The van der Waals surface area contributed by atoms with Gasteiger partial charge < -0.3 is 19.2 Å². The minimum Gasteiger partial charge on any atom is -0.486 e. The molecular weight excluding hydrogens is 374 g/mol. The number of aryl methyl sites for hydroxylation is 2. The largest absolute Gasteiger partial charge is 0.486 e. The Balaban J connectivity index is 1.84. The molecule has 1 aliphatic heterocycles. The molecule has 5 nitrogen and oxygen atoms in total. The number of furan rings is 1. The monoisotopic (exact) mass is 393 g/mol. The minimum absolute atomic E-state index is 0.142. The van der Waals surface area contributed by atoms with Crippen molar-refractivity contribution in [3.8, 4) is 11.5 Å². The van der Waals surface area contributed by atoms with Gasteiger partial charge in [-0.2, -0.15) is 0 Å². The lowest BCUT2D eigenvalue weighted by Crippen LogP contribution is -2.28. The molecule has 6 heteroatoms. The second kappa shape index (κ2) is 6.51. The molecule has 1 N–H and O–H groups in total. The van der Waals surface area contributed by atoms with E-state index in [-0.39, 0.29) is 11.9 Å². The van der Waals surface area contributed by atoms with E-state index >= 15 is 0 Å². The molecule has 0 radical (unpaired) electrons. The number of amides is 1. The van der Waals surface area contributed by atoms with Crippen LogP contribution in [0.2, 0.25) is 0 Å². The number of carbonyl (C=O) groups is 1. The number of nitrogens with one attached hydrogen (secondary N) is 1. The van der Waals surface area contributed by atoms with Crippen LogP contribution in [0.15, 0.2) is 21.0 Å². The predicted molar refractivity (Wildman–Crippen MR) is 93.9 cm³/mol. The van der Waals surface area contributed by atoms with Crippen molar-refractivity contribution in [2.75, 3.05) is 13.2 Å². The first-order chi connectivity index (χ1) is 11.4. The average molecular weight is 394 g/mol. The van der Waals surface area contributed by atoms with Gasteiger partial charge in [0.1, 0.15) is 24.7 Å². The summed E-state index contributed by atoms with van der Waals surface area (Å²) in [6, 6.07) is 3.59. The molecule has 24 heavy (non-hydrogen) atoms. The van der Waals surface area contributed by atoms with Gasteiger partial charge in [-0.05, 0) is 45.4 Å². The Morgan fingerprint density at radius 3 is 2.33 bits per heavy atom. The molecule has 1 aromatic heterocycles. The second-order valence-corrected chi connectivity index (χ2v) is 6.78. The van der Waals surface area contributed by atoms with E-state index in [0.717, 1.165) is 21.4 Å². The molecule has 0 saturated carbocycles. The number of halogens is 1. The van der Waals surface area contributed by atoms with Crippen molar-refractivity contribution in [3.05, 3.63) is 44.8 Å². The van der Waals surface area contributed by atoms with Gasteiger partial charge in [0.15, 0.2) is 11.5 Å². The van der Waals surface area contributed by atoms with Crippen LogP contribution in [0, 0.1) is 20.8 Å². The topological polar surface area (TPSA) is 60.7 Å². The van der Waals surface area contributed by atoms with Gasteiger partial charge in [-0.3, -0.25) is 4.79 Å². The smallest absolute Gasteiger partial charge is 0.255 e. The van der Waals surface area contributed by atoms with E-state index in [2.05, 4.69) is 21.2 Å². The summed E-state index contributed by atoms with van der Waals surface area (Å²) in [5, 5.41) is 3.03. The van der Waals surface area contributed by atoms with Crippen LogP contribution < -0.4 is 14.8 Å². The van der Waals surface area contributed by atoms with Crippen LogP contribution in [0.25, 0.3) is 0 Å². The van der Waals surface area contributed by atoms with Gasteiger partial charge in [-0.25, -0.2) is 0 Å². The maximum absolute atomic E-state index is 12.6. The molecule has 2 heterocycles. The fraction of sp³-hybridized carbons (Fsp3) is 0.389. The van der Waals surface area contributed by atoms with Gasteiger partial charge in [0.05, 0.1) is 11.6 Å². The van der Waals surface area contributed by atoms with Crippen molar-refractivity contribution >= 4 is 21.8 Å². The molecule has 1 aromatic carbocycles. The number of hydrogen-bond acceptors (Lipinski definition) is 4. The molecule has 128 valence electrons. The quantitative estimate of drug-likeness (QED) is 0.847. The lowest BCUT2D eigenvalue weighted by Gasteiger charge is -2.22. The molecule has 0 bridgehead atoms. The number of carbonyl (C=O) groups excluding carboxylic acids is 1. The molecular formula is C18H20BrNO4. The Kier molecular flexibility index (Phi) is 4.58. The van der Waals surface area contributed by atoms with Crippen molar-refractivity contribution in [3.63, 3.8) is 0 Å². The molecule has 1 aliphatic rings. The zero-order valence-electron chi connectivity index (χ0n) is 14.2. The van der Waals surface area contributed by atoms with E-state index in [1.165, 1.54) is 0 Å². The molecule has 1 amide bonds. The normalized spacial score (nSPS) is 14.4. The highest BCUT2D eigenvalue weighted by Gasteiger charge is 2.23. The number of benzene rings is 1. The third kappa shape index (κ3) is 3.02. The standard InChI is InChI=1S/C18H20BrNO4/c1-9-11(3)24-12(4)17(9)18(21)20-10(2)13-7-15-16(8-14(13)19)23-6-5-22-15/h7-8,10H,5-6H2,1-4H3,(H,20,21)/t10-/m0/s1. The van der Waals surface area contributed by atoms with E-state index < -0.39 is 0 Å². The highest BCUT2D eigenvalue weighted by molar-refractivity contribution is 9.10. The summed E-state index contributed by atoms with van der Waals surface area (Å²) in [7, 11) is 0. The van der Waals surface area contributed by atoms with Crippen LogP contribution in [0.5, 0.6) is 11.5 Å². The zero-order chi connectivity index (χ0) is 17.4. The maximum atomic E-state index is 12.6. The van der Waals surface area contributed by atoms with Crippen molar-refractivity contribution in [1.82, 2.24) is 5.32 Å². The summed E-state index contributed by atoms with van der Waals surface area (Å²) >= 11 is 3.55. The number of hydrogen-bond donors (Lipinski definition) is 1. The average Bonchev–Trinajstić information content (AvgIpc) is 2.79. The molecule has 0 saturated heterocycles. The highest BCUT2D eigenvalue weighted by Crippen LogP contribution is 2.38. The Bertz CT molecular complexity index is 797. The maximum Gasteiger partial charge on any atom is 0.255 e. The summed E-state index contributed by atoms with van der Waals surface area (Å²) in [5.74, 6) is 2.68. The molecule has 3 rings (SSSR count). The second-order valence-electron chi connectivity index (χ2n) is 5.93. The van der Waals surface area contributed by atoms with Crippen molar-refractivity contribution in [2.24, 2.45) is 0 Å². The van der Waals surface area contributed by atoms with Gasteiger partial charge >= 0.3 is 0 Å². The Morgan fingerprint density at radius 2 is 1.75 bits per heavy atom. The van der Waals surface area contributed by atoms with Gasteiger partial charge in [-0.15, -0.1) is 0 Å². The Morgan fingerprint density at radius 1 is 1.12 bits per heavy atom. The molecule has 0 unspecified atom stereocenters. The first-order valence-electron chi connectivity index (χ1n) is 7.85.